The Morgan fingerprint density at radius 1 is 1.15 bits per heavy atom. The molecule has 34 heavy (non-hydrogen) atoms. The summed E-state index contributed by atoms with van der Waals surface area (Å²) in [5.74, 6) is -0.0702. The van der Waals surface area contributed by atoms with Gasteiger partial charge in [0.2, 0.25) is 21.8 Å². The predicted molar refractivity (Wildman–Crippen MR) is 128 cm³/mol. The van der Waals surface area contributed by atoms with Crippen LogP contribution in [0.4, 0.5) is 0 Å². The van der Waals surface area contributed by atoms with E-state index in [2.05, 4.69) is 10.0 Å². The van der Waals surface area contributed by atoms with Crippen LogP contribution in [-0.2, 0) is 24.3 Å². The fourth-order valence-electron chi connectivity index (χ4n) is 4.58. The van der Waals surface area contributed by atoms with Crippen molar-refractivity contribution in [1.29, 1.82) is 0 Å². The molecule has 1 saturated carbocycles. The van der Waals surface area contributed by atoms with Crippen LogP contribution in [-0.4, -0.2) is 70.1 Å². The summed E-state index contributed by atoms with van der Waals surface area (Å²) in [4.78, 5) is 28.1. The summed E-state index contributed by atoms with van der Waals surface area (Å²) >= 11 is 0. The molecule has 1 aliphatic carbocycles. The molecule has 1 aliphatic heterocycles. The van der Waals surface area contributed by atoms with E-state index in [1.807, 2.05) is 6.92 Å². The highest BCUT2D eigenvalue weighted by Crippen LogP contribution is 2.21. The SMILES string of the molecule is CCC[C@H](C(=O)NC1CCCC1)N(C[C@H]1CCCO1)C(=O)CNS(=O)(=O)c1ccc(OC)cc1. The molecule has 2 aliphatic rings. The molecule has 0 aromatic heterocycles. The number of carbonyl (C=O) groups is 2. The second kappa shape index (κ2) is 12.5. The summed E-state index contributed by atoms with van der Waals surface area (Å²) in [6.07, 6.45) is 6.87. The first-order valence-electron chi connectivity index (χ1n) is 12.2. The van der Waals surface area contributed by atoms with Gasteiger partial charge in [-0.25, -0.2) is 13.1 Å². The lowest BCUT2D eigenvalue weighted by atomic mass is 10.1. The minimum absolute atomic E-state index is 0.0378. The Morgan fingerprint density at radius 3 is 2.44 bits per heavy atom. The Balaban J connectivity index is 1.72. The van der Waals surface area contributed by atoms with E-state index in [-0.39, 0.29) is 29.5 Å². The number of methoxy groups -OCH3 is 1. The molecule has 2 N–H and O–H groups in total. The first kappa shape index (κ1) is 26.4. The Bertz CT molecular complexity index is 909. The summed E-state index contributed by atoms with van der Waals surface area (Å²) in [6.45, 7) is 2.43. The third-order valence-corrected chi connectivity index (χ3v) is 7.89. The lowest BCUT2D eigenvalue weighted by Crippen LogP contribution is -2.55. The van der Waals surface area contributed by atoms with E-state index in [4.69, 9.17) is 9.47 Å². The molecule has 1 heterocycles. The number of hydrogen-bond acceptors (Lipinski definition) is 6. The molecule has 9 nitrogen and oxygen atoms in total. The third-order valence-electron chi connectivity index (χ3n) is 6.47. The van der Waals surface area contributed by atoms with Gasteiger partial charge >= 0.3 is 0 Å². The summed E-state index contributed by atoms with van der Waals surface area (Å²) in [7, 11) is -2.40. The van der Waals surface area contributed by atoms with Gasteiger partial charge in [-0.05, 0) is 56.4 Å². The maximum atomic E-state index is 13.3. The Kier molecular flexibility index (Phi) is 9.73. The van der Waals surface area contributed by atoms with Crippen molar-refractivity contribution in [2.45, 2.75) is 81.4 Å². The fraction of sp³-hybridized carbons (Fsp3) is 0.667. The van der Waals surface area contributed by atoms with Crippen LogP contribution in [0.5, 0.6) is 5.75 Å². The smallest absolute Gasteiger partial charge is 0.243 e. The van der Waals surface area contributed by atoms with Crippen LogP contribution >= 0.6 is 0 Å². The number of amides is 2. The van der Waals surface area contributed by atoms with Gasteiger partial charge in [-0.15, -0.1) is 0 Å². The van der Waals surface area contributed by atoms with Gasteiger partial charge in [0.15, 0.2) is 0 Å². The van der Waals surface area contributed by atoms with Crippen molar-refractivity contribution in [3.05, 3.63) is 24.3 Å². The molecular formula is C24H37N3O6S. The predicted octanol–water partition coefficient (Wildman–Crippen LogP) is 2.21. The highest BCUT2D eigenvalue weighted by molar-refractivity contribution is 7.89. The summed E-state index contributed by atoms with van der Waals surface area (Å²) < 4.78 is 38.7. The average Bonchev–Trinajstić information content (AvgIpc) is 3.54. The number of benzene rings is 1. The quantitative estimate of drug-likeness (QED) is 0.460. The molecule has 1 aromatic carbocycles. The number of carbonyl (C=O) groups excluding carboxylic acids is 2. The second-order valence-corrected chi connectivity index (χ2v) is 10.7. The lowest BCUT2D eigenvalue weighted by molar-refractivity contribution is -0.142. The Hall–Kier alpha value is -2.17. The Morgan fingerprint density at radius 2 is 1.85 bits per heavy atom. The summed E-state index contributed by atoms with van der Waals surface area (Å²) in [5, 5.41) is 3.11. The zero-order chi connectivity index (χ0) is 24.6. The van der Waals surface area contributed by atoms with E-state index in [1.54, 1.807) is 12.1 Å². The van der Waals surface area contributed by atoms with Crippen LogP contribution in [0.25, 0.3) is 0 Å². The minimum atomic E-state index is -3.90. The van der Waals surface area contributed by atoms with Gasteiger partial charge in [0.1, 0.15) is 11.8 Å². The van der Waals surface area contributed by atoms with Crippen LogP contribution < -0.4 is 14.8 Å². The van der Waals surface area contributed by atoms with Crippen molar-refractivity contribution in [3.8, 4) is 5.75 Å². The molecule has 1 aromatic rings. The zero-order valence-corrected chi connectivity index (χ0v) is 20.9. The monoisotopic (exact) mass is 495 g/mol. The number of rotatable bonds is 12. The van der Waals surface area contributed by atoms with E-state index < -0.39 is 28.5 Å². The van der Waals surface area contributed by atoms with Gasteiger partial charge in [-0.3, -0.25) is 9.59 Å². The first-order chi connectivity index (χ1) is 16.3. The van der Waals surface area contributed by atoms with Crippen LogP contribution in [0.2, 0.25) is 0 Å². The molecule has 0 bridgehead atoms. The molecule has 2 fully saturated rings. The molecule has 0 spiro atoms. The van der Waals surface area contributed by atoms with Crippen molar-refractivity contribution in [3.63, 3.8) is 0 Å². The fourth-order valence-corrected chi connectivity index (χ4v) is 5.55. The van der Waals surface area contributed by atoms with Gasteiger partial charge in [-0.1, -0.05) is 26.2 Å². The van der Waals surface area contributed by atoms with E-state index in [0.29, 0.717) is 18.8 Å². The molecular weight excluding hydrogens is 458 g/mol. The van der Waals surface area contributed by atoms with Gasteiger partial charge in [0, 0.05) is 19.2 Å². The maximum Gasteiger partial charge on any atom is 0.243 e. The molecule has 0 radical (unpaired) electrons. The number of nitrogens with one attached hydrogen (secondary N) is 2. The van der Waals surface area contributed by atoms with E-state index in [0.717, 1.165) is 44.9 Å². The number of sulfonamides is 1. The van der Waals surface area contributed by atoms with E-state index in [1.165, 1.54) is 24.1 Å². The number of hydrogen-bond donors (Lipinski definition) is 2. The molecule has 0 unspecified atom stereocenters. The van der Waals surface area contributed by atoms with Crippen molar-refractivity contribution in [1.82, 2.24) is 14.9 Å². The largest absolute Gasteiger partial charge is 0.497 e. The van der Waals surface area contributed by atoms with Crippen molar-refractivity contribution >= 4 is 21.8 Å². The van der Waals surface area contributed by atoms with Crippen molar-refractivity contribution < 1.29 is 27.5 Å². The van der Waals surface area contributed by atoms with Crippen LogP contribution in [0.1, 0.15) is 58.3 Å². The highest BCUT2D eigenvalue weighted by Gasteiger charge is 2.34. The van der Waals surface area contributed by atoms with E-state index >= 15 is 0 Å². The second-order valence-electron chi connectivity index (χ2n) is 8.98. The Labute approximate surface area is 202 Å². The minimum Gasteiger partial charge on any atom is -0.497 e. The molecule has 190 valence electrons. The first-order valence-corrected chi connectivity index (χ1v) is 13.7. The van der Waals surface area contributed by atoms with E-state index in [9.17, 15) is 18.0 Å². The van der Waals surface area contributed by atoms with Gasteiger partial charge in [0.05, 0.1) is 24.7 Å². The van der Waals surface area contributed by atoms with Crippen molar-refractivity contribution in [2.75, 3.05) is 26.8 Å². The zero-order valence-electron chi connectivity index (χ0n) is 20.1. The maximum absolute atomic E-state index is 13.3. The summed E-state index contributed by atoms with van der Waals surface area (Å²) in [5.41, 5.74) is 0. The molecule has 3 rings (SSSR count). The van der Waals surface area contributed by atoms with Crippen LogP contribution in [0.15, 0.2) is 29.2 Å². The topological polar surface area (TPSA) is 114 Å². The summed E-state index contributed by atoms with van der Waals surface area (Å²) in [6, 6.07) is 5.42. The van der Waals surface area contributed by atoms with Crippen LogP contribution in [0.3, 0.4) is 0 Å². The molecule has 2 amide bonds. The van der Waals surface area contributed by atoms with Gasteiger partial charge < -0.3 is 19.7 Å². The molecule has 2 atom stereocenters. The van der Waals surface area contributed by atoms with Gasteiger partial charge in [0.25, 0.3) is 0 Å². The molecule has 1 saturated heterocycles. The number of nitrogens with zero attached hydrogens (tertiary/aromatic N) is 1. The van der Waals surface area contributed by atoms with Gasteiger partial charge in [-0.2, -0.15) is 0 Å². The standard InChI is InChI=1S/C24H37N3O6S/c1-3-7-22(24(29)26-18-8-4-5-9-18)27(17-20-10-6-15-33-20)23(28)16-25-34(30,31)21-13-11-19(32-2)12-14-21/h11-14,18,20,22,25H,3-10,15-17H2,1-2H3,(H,26,29)/t20-,22-/m1/s1. The lowest BCUT2D eigenvalue weighted by Gasteiger charge is -2.33. The normalized spacial score (nSPS) is 19.6. The highest BCUT2D eigenvalue weighted by atomic mass is 32.2. The van der Waals surface area contributed by atoms with Crippen molar-refractivity contribution in [2.24, 2.45) is 0 Å². The molecule has 10 heteroatoms. The average molecular weight is 496 g/mol. The third kappa shape index (κ3) is 7.16. The van der Waals surface area contributed by atoms with Crippen LogP contribution in [0, 0.1) is 0 Å². The number of ether oxygens (including phenoxy) is 2.